The SMILES string of the molecule is COC(=O)c1ncoc1C1CCCN1C(=O)OCc1ccccc1. The van der Waals surface area contributed by atoms with E-state index in [2.05, 4.69) is 4.98 Å². The zero-order valence-electron chi connectivity index (χ0n) is 13.3. The summed E-state index contributed by atoms with van der Waals surface area (Å²) in [6, 6.07) is 9.09. The Hall–Kier alpha value is -2.83. The number of methoxy groups -OCH3 is 1. The van der Waals surface area contributed by atoms with Crippen molar-refractivity contribution >= 4 is 12.1 Å². The van der Waals surface area contributed by atoms with Gasteiger partial charge < -0.3 is 13.9 Å². The highest BCUT2D eigenvalue weighted by atomic mass is 16.6. The number of hydrogen-bond acceptors (Lipinski definition) is 6. The Morgan fingerprint density at radius 1 is 1.33 bits per heavy atom. The summed E-state index contributed by atoms with van der Waals surface area (Å²) in [5, 5.41) is 0. The van der Waals surface area contributed by atoms with Crippen molar-refractivity contribution in [3.8, 4) is 0 Å². The molecule has 0 spiro atoms. The number of hydrogen-bond donors (Lipinski definition) is 0. The molecule has 0 aliphatic carbocycles. The van der Waals surface area contributed by atoms with Crippen molar-refractivity contribution < 1.29 is 23.5 Å². The fourth-order valence-electron chi connectivity index (χ4n) is 2.80. The maximum Gasteiger partial charge on any atom is 0.410 e. The zero-order chi connectivity index (χ0) is 16.9. The number of esters is 1. The monoisotopic (exact) mass is 330 g/mol. The van der Waals surface area contributed by atoms with Crippen LogP contribution >= 0.6 is 0 Å². The maximum absolute atomic E-state index is 12.4. The first kappa shape index (κ1) is 16.0. The van der Waals surface area contributed by atoms with Crippen molar-refractivity contribution in [3.63, 3.8) is 0 Å². The fraction of sp³-hybridized carbons (Fsp3) is 0.353. The van der Waals surface area contributed by atoms with E-state index in [1.807, 2.05) is 30.3 Å². The first-order valence-electron chi connectivity index (χ1n) is 7.69. The second-order valence-electron chi connectivity index (χ2n) is 5.45. The smallest absolute Gasteiger partial charge is 0.410 e. The number of benzene rings is 1. The van der Waals surface area contributed by atoms with Crippen molar-refractivity contribution in [2.75, 3.05) is 13.7 Å². The van der Waals surface area contributed by atoms with Gasteiger partial charge in [0.05, 0.1) is 13.2 Å². The lowest BCUT2D eigenvalue weighted by Gasteiger charge is -2.22. The quantitative estimate of drug-likeness (QED) is 0.802. The number of oxazole rings is 1. The highest BCUT2D eigenvalue weighted by molar-refractivity contribution is 5.88. The van der Waals surface area contributed by atoms with Crippen LogP contribution in [-0.2, 0) is 16.1 Å². The number of ether oxygens (including phenoxy) is 2. The summed E-state index contributed by atoms with van der Waals surface area (Å²) in [6.07, 6.45) is 2.23. The number of amides is 1. The summed E-state index contributed by atoms with van der Waals surface area (Å²) in [5.74, 6) is -0.237. The summed E-state index contributed by atoms with van der Waals surface area (Å²) < 4.78 is 15.4. The van der Waals surface area contributed by atoms with Crippen LogP contribution in [0.2, 0.25) is 0 Å². The first-order valence-corrected chi connectivity index (χ1v) is 7.69. The van der Waals surface area contributed by atoms with Crippen LogP contribution in [-0.4, -0.2) is 35.6 Å². The van der Waals surface area contributed by atoms with Gasteiger partial charge in [-0.25, -0.2) is 14.6 Å². The third-order valence-corrected chi connectivity index (χ3v) is 3.97. The molecule has 1 aromatic carbocycles. The number of likely N-dealkylation sites (tertiary alicyclic amines) is 1. The summed E-state index contributed by atoms with van der Waals surface area (Å²) >= 11 is 0. The minimum atomic E-state index is -0.580. The van der Waals surface area contributed by atoms with Crippen molar-refractivity contribution in [2.45, 2.75) is 25.5 Å². The van der Waals surface area contributed by atoms with Gasteiger partial charge in [0.1, 0.15) is 6.61 Å². The molecule has 1 aliphatic heterocycles. The molecular formula is C17H18N2O5. The summed E-state index contributed by atoms with van der Waals surface area (Å²) in [6.45, 7) is 0.739. The Balaban J connectivity index is 1.70. The molecule has 0 bridgehead atoms. The molecule has 1 aliphatic rings. The molecule has 24 heavy (non-hydrogen) atoms. The fourth-order valence-corrected chi connectivity index (χ4v) is 2.80. The average molecular weight is 330 g/mol. The highest BCUT2D eigenvalue weighted by Gasteiger charge is 2.36. The molecule has 3 rings (SSSR count). The summed E-state index contributed by atoms with van der Waals surface area (Å²) in [5.41, 5.74) is 1.02. The number of aromatic nitrogens is 1. The van der Waals surface area contributed by atoms with Crippen LogP contribution in [0.25, 0.3) is 0 Å². The van der Waals surface area contributed by atoms with Gasteiger partial charge in [-0.15, -0.1) is 0 Å². The molecule has 1 fully saturated rings. The van der Waals surface area contributed by atoms with E-state index in [1.165, 1.54) is 13.5 Å². The van der Waals surface area contributed by atoms with E-state index in [4.69, 9.17) is 13.9 Å². The second-order valence-corrected chi connectivity index (χ2v) is 5.45. The van der Waals surface area contributed by atoms with Crippen molar-refractivity contribution in [1.29, 1.82) is 0 Å². The average Bonchev–Trinajstić information content (AvgIpc) is 3.28. The molecule has 2 heterocycles. The number of rotatable bonds is 4. The zero-order valence-corrected chi connectivity index (χ0v) is 13.3. The van der Waals surface area contributed by atoms with E-state index in [1.54, 1.807) is 4.90 Å². The van der Waals surface area contributed by atoms with Crippen LogP contribution in [0.5, 0.6) is 0 Å². The Labute approximate surface area is 139 Å². The third kappa shape index (κ3) is 3.24. The molecular weight excluding hydrogens is 312 g/mol. The number of carbonyl (C=O) groups is 2. The lowest BCUT2D eigenvalue weighted by Crippen LogP contribution is -2.31. The van der Waals surface area contributed by atoms with Crippen molar-refractivity contribution in [3.05, 3.63) is 53.7 Å². The molecule has 126 valence electrons. The normalized spacial score (nSPS) is 16.9. The van der Waals surface area contributed by atoms with Gasteiger partial charge in [0.25, 0.3) is 0 Å². The Kier molecular flexibility index (Phi) is 4.79. The maximum atomic E-state index is 12.4. The van der Waals surface area contributed by atoms with Crippen LogP contribution in [0.15, 0.2) is 41.1 Å². The van der Waals surface area contributed by atoms with E-state index >= 15 is 0 Å². The van der Waals surface area contributed by atoms with Crippen LogP contribution in [0.3, 0.4) is 0 Å². The highest BCUT2D eigenvalue weighted by Crippen LogP contribution is 2.34. The van der Waals surface area contributed by atoms with E-state index in [0.717, 1.165) is 12.0 Å². The lowest BCUT2D eigenvalue weighted by atomic mass is 10.1. The minimum Gasteiger partial charge on any atom is -0.464 e. The van der Waals surface area contributed by atoms with Gasteiger partial charge in [-0.1, -0.05) is 30.3 Å². The van der Waals surface area contributed by atoms with E-state index in [-0.39, 0.29) is 18.3 Å². The van der Waals surface area contributed by atoms with Gasteiger partial charge in [-0.05, 0) is 18.4 Å². The van der Waals surface area contributed by atoms with Gasteiger partial charge in [0, 0.05) is 6.54 Å². The Bertz CT molecular complexity index is 713. The second kappa shape index (κ2) is 7.16. The predicted molar refractivity (Wildman–Crippen MR) is 83.2 cm³/mol. The largest absolute Gasteiger partial charge is 0.464 e. The topological polar surface area (TPSA) is 81.9 Å². The Morgan fingerprint density at radius 3 is 2.88 bits per heavy atom. The summed E-state index contributed by atoms with van der Waals surface area (Å²) in [7, 11) is 1.28. The molecule has 0 saturated carbocycles. The molecule has 1 amide bonds. The van der Waals surface area contributed by atoms with Crippen molar-refractivity contribution in [1.82, 2.24) is 9.88 Å². The molecule has 0 radical (unpaired) electrons. The van der Waals surface area contributed by atoms with E-state index in [9.17, 15) is 9.59 Å². The van der Waals surface area contributed by atoms with Crippen molar-refractivity contribution in [2.24, 2.45) is 0 Å². The standard InChI is InChI=1S/C17H18N2O5/c1-22-16(20)14-15(24-11-18-14)13-8-5-9-19(13)17(21)23-10-12-6-3-2-4-7-12/h2-4,6-7,11,13H,5,8-10H2,1H3. The molecule has 2 aromatic rings. The molecule has 7 nitrogen and oxygen atoms in total. The Morgan fingerprint density at radius 2 is 2.12 bits per heavy atom. The van der Waals surface area contributed by atoms with Gasteiger partial charge in [-0.2, -0.15) is 0 Å². The summed E-state index contributed by atoms with van der Waals surface area (Å²) in [4.78, 5) is 29.6. The minimum absolute atomic E-state index is 0.102. The van der Waals surface area contributed by atoms with Gasteiger partial charge in [0.15, 0.2) is 17.8 Å². The molecule has 7 heteroatoms. The molecule has 1 atom stereocenters. The van der Waals surface area contributed by atoms with Crippen LogP contribution in [0, 0.1) is 0 Å². The number of carbonyl (C=O) groups excluding carboxylic acids is 2. The van der Waals surface area contributed by atoms with Crippen LogP contribution < -0.4 is 0 Å². The number of nitrogens with zero attached hydrogens (tertiary/aromatic N) is 2. The van der Waals surface area contributed by atoms with E-state index < -0.39 is 12.1 Å². The third-order valence-electron chi connectivity index (χ3n) is 3.97. The van der Waals surface area contributed by atoms with Gasteiger partial charge in [-0.3, -0.25) is 4.90 Å². The first-order chi connectivity index (χ1) is 11.7. The molecule has 0 N–H and O–H groups in total. The van der Waals surface area contributed by atoms with Gasteiger partial charge in [0.2, 0.25) is 0 Å². The molecule has 1 aromatic heterocycles. The van der Waals surface area contributed by atoms with Crippen LogP contribution in [0.4, 0.5) is 4.79 Å². The van der Waals surface area contributed by atoms with E-state index in [0.29, 0.717) is 18.7 Å². The van der Waals surface area contributed by atoms with Crippen LogP contribution in [0.1, 0.15) is 40.7 Å². The molecule has 1 saturated heterocycles. The predicted octanol–water partition coefficient (Wildman–Crippen LogP) is 2.93. The molecule has 1 unspecified atom stereocenters. The lowest BCUT2D eigenvalue weighted by molar-refractivity contribution is 0.0584. The van der Waals surface area contributed by atoms with Gasteiger partial charge >= 0.3 is 12.1 Å².